The lowest BCUT2D eigenvalue weighted by Gasteiger charge is -2.10. The molecule has 2 N–H and O–H groups in total. The van der Waals surface area contributed by atoms with Gasteiger partial charge in [-0.2, -0.15) is 5.10 Å². The molecule has 0 atom stereocenters. The van der Waals surface area contributed by atoms with Crippen molar-refractivity contribution >= 4 is 38.6 Å². The monoisotopic (exact) mass is 411 g/mol. The lowest BCUT2D eigenvalue weighted by Crippen LogP contribution is -2.24. The number of hydrogen-bond acceptors (Lipinski definition) is 7. The SMILES string of the molecule is CC(C)n1ncc2c(-c3ccc4c(c3)OCO4)c3sc(=O)n(CC(N)=O)c3nc21. The lowest BCUT2D eigenvalue weighted by atomic mass is 10.0. The lowest BCUT2D eigenvalue weighted by molar-refractivity contribution is -0.118. The summed E-state index contributed by atoms with van der Waals surface area (Å²) in [7, 11) is 0. The van der Waals surface area contributed by atoms with Gasteiger partial charge in [-0.1, -0.05) is 17.4 Å². The fraction of sp³-hybridized carbons (Fsp3) is 0.263. The summed E-state index contributed by atoms with van der Waals surface area (Å²) in [6, 6.07) is 5.70. The van der Waals surface area contributed by atoms with Crippen molar-refractivity contribution in [3.05, 3.63) is 34.1 Å². The predicted molar refractivity (Wildman–Crippen MR) is 108 cm³/mol. The Morgan fingerprint density at radius 2 is 2.07 bits per heavy atom. The average Bonchev–Trinajstić information content (AvgIpc) is 3.37. The number of benzene rings is 1. The Balaban J connectivity index is 1.89. The number of aromatic nitrogens is 4. The van der Waals surface area contributed by atoms with Gasteiger partial charge in [0, 0.05) is 17.0 Å². The van der Waals surface area contributed by atoms with Gasteiger partial charge in [-0.15, -0.1) is 0 Å². The standard InChI is InChI=1S/C19H17N5O4S/c1-9(2)24-17-11(6-21-24)15(10-3-4-12-13(5-10)28-8-27-12)16-18(22-17)23(7-14(20)25)19(26)29-16/h3-6,9H,7-8H2,1-2H3,(H2,20,25). The molecule has 0 spiro atoms. The molecular weight excluding hydrogens is 394 g/mol. The van der Waals surface area contributed by atoms with Crippen LogP contribution in [0.5, 0.6) is 11.5 Å². The third-order valence-corrected chi connectivity index (χ3v) is 5.80. The van der Waals surface area contributed by atoms with Gasteiger partial charge in [0.05, 0.1) is 10.9 Å². The summed E-state index contributed by atoms with van der Waals surface area (Å²) < 4.78 is 14.7. The van der Waals surface area contributed by atoms with Crippen LogP contribution in [0.4, 0.5) is 0 Å². The van der Waals surface area contributed by atoms with Crippen molar-refractivity contribution in [2.45, 2.75) is 26.4 Å². The number of carbonyl (C=O) groups excluding carboxylic acids is 1. The van der Waals surface area contributed by atoms with Crippen LogP contribution in [-0.2, 0) is 11.3 Å². The first kappa shape index (κ1) is 17.7. The molecule has 29 heavy (non-hydrogen) atoms. The van der Waals surface area contributed by atoms with E-state index < -0.39 is 5.91 Å². The molecule has 1 aliphatic heterocycles. The minimum atomic E-state index is -0.601. The minimum absolute atomic E-state index is 0.0667. The first-order chi connectivity index (χ1) is 13.9. The van der Waals surface area contributed by atoms with Crippen LogP contribution in [0, 0.1) is 0 Å². The molecule has 0 radical (unpaired) electrons. The molecular formula is C19H17N5O4S. The maximum Gasteiger partial charge on any atom is 0.309 e. The molecule has 4 heterocycles. The summed E-state index contributed by atoms with van der Waals surface area (Å²) in [6.45, 7) is 3.95. The molecule has 0 saturated heterocycles. The molecule has 0 unspecified atom stereocenters. The topological polar surface area (TPSA) is 114 Å². The van der Waals surface area contributed by atoms with E-state index in [4.69, 9.17) is 20.2 Å². The molecule has 9 nitrogen and oxygen atoms in total. The Labute approximate surface area is 168 Å². The van der Waals surface area contributed by atoms with E-state index in [0.29, 0.717) is 27.5 Å². The smallest absolute Gasteiger partial charge is 0.309 e. The van der Waals surface area contributed by atoms with Crippen LogP contribution in [0.3, 0.4) is 0 Å². The zero-order chi connectivity index (χ0) is 20.3. The Morgan fingerprint density at radius 3 is 2.83 bits per heavy atom. The number of nitrogens with zero attached hydrogens (tertiary/aromatic N) is 4. The van der Waals surface area contributed by atoms with Gasteiger partial charge in [-0.05, 0) is 31.5 Å². The van der Waals surface area contributed by atoms with E-state index in [9.17, 15) is 9.59 Å². The number of nitrogens with two attached hydrogens (primary N) is 1. The van der Waals surface area contributed by atoms with Crippen molar-refractivity contribution in [1.29, 1.82) is 0 Å². The number of amides is 1. The quantitative estimate of drug-likeness (QED) is 0.551. The zero-order valence-corrected chi connectivity index (χ0v) is 16.5. The highest BCUT2D eigenvalue weighted by molar-refractivity contribution is 7.17. The van der Waals surface area contributed by atoms with E-state index >= 15 is 0 Å². The second-order valence-corrected chi connectivity index (χ2v) is 8.01. The molecule has 148 valence electrons. The van der Waals surface area contributed by atoms with Crippen LogP contribution in [0.2, 0.25) is 0 Å². The number of rotatable bonds is 4. The zero-order valence-electron chi connectivity index (χ0n) is 15.7. The van der Waals surface area contributed by atoms with Gasteiger partial charge >= 0.3 is 4.87 Å². The number of ether oxygens (including phenoxy) is 2. The molecule has 1 amide bonds. The van der Waals surface area contributed by atoms with Crippen LogP contribution >= 0.6 is 11.3 Å². The van der Waals surface area contributed by atoms with Crippen molar-refractivity contribution in [1.82, 2.24) is 19.3 Å². The third kappa shape index (κ3) is 2.67. The molecule has 1 aliphatic rings. The molecule has 0 fully saturated rings. The normalized spacial score (nSPS) is 13.1. The molecule has 0 saturated carbocycles. The number of carbonyl (C=O) groups is 1. The summed E-state index contributed by atoms with van der Waals surface area (Å²) in [5, 5.41) is 5.31. The van der Waals surface area contributed by atoms with E-state index in [1.807, 2.05) is 32.0 Å². The largest absolute Gasteiger partial charge is 0.454 e. The van der Waals surface area contributed by atoms with Crippen molar-refractivity contribution in [3.8, 4) is 22.6 Å². The second-order valence-electron chi connectivity index (χ2n) is 7.05. The fourth-order valence-electron chi connectivity index (χ4n) is 3.55. The van der Waals surface area contributed by atoms with Crippen molar-refractivity contribution in [2.75, 3.05) is 6.79 Å². The molecule has 0 aliphatic carbocycles. The summed E-state index contributed by atoms with van der Waals surface area (Å²) >= 11 is 1.04. The molecule has 1 aromatic carbocycles. The first-order valence-corrected chi connectivity index (χ1v) is 9.84. The fourth-order valence-corrected chi connectivity index (χ4v) is 4.56. The van der Waals surface area contributed by atoms with Gasteiger partial charge in [0.15, 0.2) is 22.8 Å². The average molecular weight is 411 g/mol. The first-order valence-electron chi connectivity index (χ1n) is 9.03. The number of pyridine rings is 1. The maximum atomic E-state index is 12.6. The van der Waals surface area contributed by atoms with Crippen molar-refractivity contribution in [3.63, 3.8) is 0 Å². The van der Waals surface area contributed by atoms with Crippen LogP contribution in [0.1, 0.15) is 19.9 Å². The van der Waals surface area contributed by atoms with Gasteiger partial charge in [-0.3, -0.25) is 14.2 Å². The van der Waals surface area contributed by atoms with Crippen LogP contribution in [0.25, 0.3) is 32.5 Å². The third-order valence-electron chi connectivity index (χ3n) is 4.81. The molecule has 3 aromatic heterocycles. The van der Waals surface area contributed by atoms with Crippen molar-refractivity contribution in [2.24, 2.45) is 5.73 Å². The van der Waals surface area contributed by atoms with Gasteiger partial charge in [0.25, 0.3) is 0 Å². The molecule has 10 heteroatoms. The van der Waals surface area contributed by atoms with Crippen LogP contribution < -0.4 is 20.1 Å². The number of fused-ring (bicyclic) bond motifs is 3. The Bertz CT molecular complexity index is 1350. The van der Waals surface area contributed by atoms with Crippen LogP contribution in [0.15, 0.2) is 29.2 Å². The Kier molecular flexibility index (Phi) is 3.85. The second kappa shape index (κ2) is 6.31. The number of thiazole rings is 1. The van der Waals surface area contributed by atoms with Gasteiger partial charge in [-0.25, -0.2) is 9.67 Å². The van der Waals surface area contributed by atoms with Gasteiger partial charge in [0.2, 0.25) is 12.7 Å². The van der Waals surface area contributed by atoms with Gasteiger partial charge in [0.1, 0.15) is 6.54 Å². The van der Waals surface area contributed by atoms with E-state index in [1.54, 1.807) is 10.9 Å². The van der Waals surface area contributed by atoms with Crippen LogP contribution in [-0.4, -0.2) is 32.0 Å². The number of hydrogen-bond donors (Lipinski definition) is 1. The van der Waals surface area contributed by atoms with E-state index in [0.717, 1.165) is 27.8 Å². The summed E-state index contributed by atoms with van der Waals surface area (Å²) in [5.41, 5.74) is 8.08. The molecule has 0 bridgehead atoms. The molecule has 5 rings (SSSR count). The summed E-state index contributed by atoms with van der Waals surface area (Å²) in [5.74, 6) is 0.712. The minimum Gasteiger partial charge on any atom is -0.454 e. The molecule has 4 aromatic rings. The highest BCUT2D eigenvalue weighted by atomic mass is 32.1. The highest BCUT2D eigenvalue weighted by Gasteiger charge is 2.23. The maximum absolute atomic E-state index is 12.6. The summed E-state index contributed by atoms with van der Waals surface area (Å²) in [4.78, 5) is 28.6. The highest BCUT2D eigenvalue weighted by Crippen LogP contribution is 2.41. The van der Waals surface area contributed by atoms with E-state index in [1.165, 1.54) is 4.57 Å². The Morgan fingerprint density at radius 1 is 1.28 bits per heavy atom. The van der Waals surface area contributed by atoms with Crippen molar-refractivity contribution < 1.29 is 14.3 Å². The summed E-state index contributed by atoms with van der Waals surface area (Å²) in [6.07, 6.45) is 1.75. The number of primary amides is 1. The van der Waals surface area contributed by atoms with Gasteiger partial charge < -0.3 is 15.2 Å². The van der Waals surface area contributed by atoms with E-state index in [2.05, 4.69) is 5.10 Å². The Hall–Kier alpha value is -3.40. The van der Waals surface area contributed by atoms with E-state index in [-0.39, 0.29) is 24.3 Å². The predicted octanol–water partition coefficient (Wildman–Crippen LogP) is 2.27.